The highest BCUT2D eigenvalue weighted by atomic mass is 32.2. The molecule has 8 heteroatoms. The van der Waals surface area contributed by atoms with Gasteiger partial charge in [-0.3, -0.25) is 0 Å². The van der Waals surface area contributed by atoms with Crippen molar-refractivity contribution in [2.45, 2.75) is 32.3 Å². The maximum Gasteiger partial charge on any atom is 0.264 e. The van der Waals surface area contributed by atoms with E-state index in [0.717, 1.165) is 0 Å². The molecule has 0 saturated heterocycles. The van der Waals surface area contributed by atoms with Crippen molar-refractivity contribution in [1.82, 2.24) is 10.1 Å². The second-order valence-electron chi connectivity index (χ2n) is 4.45. The number of primary sulfonamides is 1. The minimum Gasteiger partial charge on any atom is -0.483 e. The van der Waals surface area contributed by atoms with Crippen LogP contribution >= 0.6 is 0 Å². The van der Waals surface area contributed by atoms with Gasteiger partial charge in [-0.2, -0.15) is 4.98 Å². The molecule has 0 fully saturated rings. The molecule has 0 saturated carbocycles. The number of nitrogens with zero attached hydrogens (tertiary/aromatic N) is 2. The van der Waals surface area contributed by atoms with Crippen LogP contribution in [0.25, 0.3) is 0 Å². The van der Waals surface area contributed by atoms with E-state index in [1.165, 1.54) is 6.07 Å². The Bertz CT molecular complexity index is 737. The van der Waals surface area contributed by atoms with Crippen LogP contribution in [-0.2, 0) is 16.6 Å². The Balaban J connectivity index is 2.23. The Kier molecular flexibility index (Phi) is 3.78. The van der Waals surface area contributed by atoms with Crippen LogP contribution in [0.15, 0.2) is 21.6 Å². The van der Waals surface area contributed by atoms with Crippen LogP contribution in [0.1, 0.15) is 22.8 Å². The third-order valence-corrected chi connectivity index (χ3v) is 3.75. The van der Waals surface area contributed by atoms with Crippen molar-refractivity contribution in [3.05, 3.63) is 35.0 Å². The molecule has 1 heterocycles. The normalized spacial score (nSPS) is 11.6. The Morgan fingerprint density at radius 1 is 1.25 bits per heavy atom. The first-order valence-corrected chi connectivity index (χ1v) is 7.38. The van der Waals surface area contributed by atoms with E-state index in [1.807, 2.05) is 0 Å². The lowest BCUT2D eigenvalue weighted by atomic mass is 10.1. The molecule has 2 aromatic rings. The van der Waals surface area contributed by atoms with Crippen molar-refractivity contribution in [3.63, 3.8) is 0 Å². The number of hydrogen-bond acceptors (Lipinski definition) is 6. The van der Waals surface area contributed by atoms with Crippen LogP contribution in [0.4, 0.5) is 0 Å². The zero-order chi connectivity index (χ0) is 14.9. The zero-order valence-corrected chi connectivity index (χ0v) is 12.2. The highest BCUT2D eigenvalue weighted by molar-refractivity contribution is 7.89. The maximum atomic E-state index is 11.4. The van der Waals surface area contributed by atoms with E-state index < -0.39 is 10.0 Å². The van der Waals surface area contributed by atoms with Gasteiger partial charge >= 0.3 is 0 Å². The van der Waals surface area contributed by atoms with Crippen molar-refractivity contribution in [3.8, 4) is 5.75 Å². The molecule has 0 bridgehead atoms. The monoisotopic (exact) mass is 297 g/mol. The molecule has 0 unspecified atom stereocenters. The summed E-state index contributed by atoms with van der Waals surface area (Å²) in [5.41, 5.74) is 1.19. The highest BCUT2D eigenvalue weighted by Crippen LogP contribution is 2.25. The minimum atomic E-state index is -3.73. The number of aromatic nitrogens is 2. The molecule has 0 radical (unpaired) electrons. The fourth-order valence-corrected chi connectivity index (χ4v) is 2.61. The summed E-state index contributed by atoms with van der Waals surface area (Å²) in [5, 5.41) is 8.80. The van der Waals surface area contributed by atoms with E-state index in [1.54, 1.807) is 26.8 Å². The lowest BCUT2D eigenvalue weighted by molar-refractivity contribution is 0.241. The van der Waals surface area contributed by atoms with Gasteiger partial charge in [-0.05, 0) is 44.0 Å². The average Bonchev–Trinajstić information content (AvgIpc) is 2.74. The summed E-state index contributed by atoms with van der Waals surface area (Å²) in [6.07, 6.45) is 0. The second kappa shape index (κ2) is 5.22. The van der Waals surface area contributed by atoms with Crippen molar-refractivity contribution in [2.24, 2.45) is 5.14 Å². The van der Waals surface area contributed by atoms with Gasteiger partial charge in [0.2, 0.25) is 10.0 Å². The Morgan fingerprint density at radius 3 is 2.50 bits per heavy atom. The minimum absolute atomic E-state index is 0.0935. The van der Waals surface area contributed by atoms with Gasteiger partial charge in [0.1, 0.15) is 5.75 Å². The summed E-state index contributed by atoms with van der Waals surface area (Å²) < 4.78 is 33.3. The summed E-state index contributed by atoms with van der Waals surface area (Å²) in [5.74, 6) is 1.43. The van der Waals surface area contributed by atoms with Gasteiger partial charge in [0, 0.05) is 0 Å². The van der Waals surface area contributed by atoms with Gasteiger partial charge in [-0.1, -0.05) is 5.16 Å². The summed E-state index contributed by atoms with van der Waals surface area (Å²) in [4.78, 5) is 4.11. The number of sulfonamides is 1. The quantitative estimate of drug-likeness (QED) is 0.909. The molecular weight excluding hydrogens is 282 g/mol. The standard InChI is InChI=1S/C12H15N3O4S/c1-7-5-11(20(13,16)17)8(2)4-10(7)18-6-12-14-9(3)15-19-12/h4-5H,6H2,1-3H3,(H2,13,16,17). The van der Waals surface area contributed by atoms with E-state index in [9.17, 15) is 8.42 Å². The van der Waals surface area contributed by atoms with Crippen LogP contribution in [0, 0.1) is 20.8 Å². The molecule has 2 rings (SSSR count). The Morgan fingerprint density at radius 2 is 1.95 bits per heavy atom. The number of rotatable bonds is 4. The summed E-state index contributed by atoms with van der Waals surface area (Å²) in [7, 11) is -3.73. The molecule has 0 atom stereocenters. The summed E-state index contributed by atoms with van der Waals surface area (Å²) in [6.45, 7) is 5.23. The van der Waals surface area contributed by atoms with Gasteiger partial charge in [0.25, 0.3) is 5.89 Å². The molecule has 0 spiro atoms. The number of aryl methyl sites for hydroxylation is 3. The van der Waals surface area contributed by atoms with Gasteiger partial charge in [-0.25, -0.2) is 13.6 Å². The zero-order valence-electron chi connectivity index (χ0n) is 11.4. The van der Waals surface area contributed by atoms with Gasteiger partial charge in [-0.15, -0.1) is 0 Å². The van der Waals surface area contributed by atoms with E-state index in [2.05, 4.69) is 10.1 Å². The molecule has 0 amide bonds. The highest BCUT2D eigenvalue weighted by Gasteiger charge is 2.15. The first kappa shape index (κ1) is 14.5. The molecule has 0 aliphatic heterocycles. The van der Waals surface area contributed by atoms with Crippen LogP contribution in [-0.4, -0.2) is 18.6 Å². The molecule has 0 aliphatic rings. The molecule has 2 N–H and O–H groups in total. The van der Waals surface area contributed by atoms with Gasteiger partial charge in [0.05, 0.1) is 4.90 Å². The lowest BCUT2D eigenvalue weighted by Gasteiger charge is -2.11. The smallest absolute Gasteiger partial charge is 0.264 e. The third kappa shape index (κ3) is 3.14. The van der Waals surface area contributed by atoms with Crippen molar-refractivity contribution >= 4 is 10.0 Å². The number of ether oxygens (including phenoxy) is 1. The van der Waals surface area contributed by atoms with E-state index in [4.69, 9.17) is 14.4 Å². The first-order chi connectivity index (χ1) is 9.27. The predicted octanol–water partition coefficient (Wildman–Crippen LogP) is 1.22. The van der Waals surface area contributed by atoms with Crippen LogP contribution in [0.3, 0.4) is 0 Å². The van der Waals surface area contributed by atoms with Crippen LogP contribution in [0.5, 0.6) is 5.75 Å². The Hall–Kier alpha value is -1.93. The molecule has 108 valence electrons. The van der Waals surface area contributed by atoms with Gasteiger partial charge < -0.3 is 9.26 Å². The maximum absolute atomic E-state index is 11.4. The third-order valence-electron chi connectivity index (χ3n) is 2.70. The summed E-state index contributed by atoms with van der Waals surface area (Å²) >= 11 is 0. The number of hydrogen-bond donors (Lipinski definition) is 1. The second-order valence-corrected chi connectivity index (χ2v) is 5.98. The van der Waals surface area contributed by atoms with E-state index in [0.29, 0.717) is 28.6 Å². The summed E-state index contributed by atoms with van der Waals surface area (Å²) in [6, 6.07) is 3.11. The molecule has 0 aliphatic carbocycles. The lowest BCUT2D eigenvalue weighted by Crippen LogP contribution is -2.14. The predicted molar refractivity (Wildman–Crippen MR) is 70.7 cm³/mol. The SMILES string of the molecule is Cc1noc(COc2cc(C)c(S(N)(=O)=O)cc2C)n1. The van der Waals surface area contributed by atoms with E-state index in [-0.39, 0.29) is 11.5 Å². The molecule has 7 nitrogen and oxygen atoms in total. The van der Waals surface area contributed by atoms with Crippen molar-refractivity contribution < 1.29 is 17.7 Å². The number of nitrogens with two attached hydrogens (primary N) is 1. The topological polar surface area (TPSA) is 108 Å². The largest absolute Gasteiger partial charge is 0.483 e. The fraction of sp³-hybridized carbons (Fsp3) is 0.333. The molecular formula is C12H15N3O4S. The first-order valence-electron chi connectivity index (χ1n) is 5.83. The van der Waals surface area contributed by atoms with Crippen LogP contribution < -0.4 is 9.88 Å². The fourth-order valence-electron chi connectivity index (χ4n) is 1.76. The average molecular weight is 297 g/mol. The molecule has 20 heavy (non-hydrogen) atoms. The van der Waals surface area contributed by atoms with Crippen molar-refractivity contribution in [2.75, 3.05) is 0 Å². The Labute approximate surface area is 116 Å². The molecule has 1 aromatic heterocycles. The van der Waals surface area contributed by atoms with Crippen molar-refractivity contribution in [1.29, 1.82) is 0 Å². The number of benzene rings is 1. The van der Waals surface area contributed by atoms with Gasteiger partial charge in [0.15, 0.2) is 12.4 Å². The van der Waals surface area contributed by atoms with Crippen LogP contribution in [0.2, 0.25) is 0 Å². The molecule has 1 aromatic carbocycles. The van der Waals surface area contributed by atoms with E-state index >= 15 is 0 Å².